The zero-order chi connectivity index (χ0) is 10.8. The molecule has 0 unspecified atom stereocenters. The Morgan fingerprint density at radius 2 is 1.73 bits per heavy atom. The third-order valence-corrected chi connectivity index (χ3v) is 3.33. The number of ether oxygens (including phenoxy) is 3. The predicted molar refractivity (Wildman–Crippen MR) is 54.5 cm³/mol. The van der Waals surface area contributed by atoms with E-state index in [2.05, 4.69) is 0 Å². The van der Waals surface area contributed by atoms with Crippen LogP contribution < -0.4 is 0 Å². The van der Waals surface area contributed by atoms with Crippen LogP contribution in [0.4, 0.5) is 0 Å². The van der Waals surface area contributed by atoms with Gasteiger partial charge in [0.2, 0.25) is 0 Å². The van der Waals surface area contributed by atoms with Crippen LogP contribution in [-0.4, -0.2) is 42.9 Å². The van der Waals surface area contributed by atoms with Crippen LogP contribution in [0.5, 0.6) is 0 Å². The number of aliphatic hydroxyl groups is 1. The van der Waals surface area contributed by atoms with Gasteiger partial charge in [-0.3, -0.25) is 0 Å². The van der Waals surface area contributed by atoms with Gasteiger partial charge >= 0.3 is 0 Å². The highest BCUT2D eigenvalue weighted by atomic mass is 16.7. The van der Waals surface area contributed by atoms with Crippen molar-refractivity contribution in [2.24, 2.45) is 0 Å². The lowest BCUT2D eigenvalue weighted by atomic mass is 9.82. The van der Waals surface area contributed by atoms with E-state index in [4.69, 9.17) is 14.2 Å². The van der Waals surface area contributed by atoms with Gasteiger partial charge in [-0.1, -0.05) is 0 Å². The molecule has 2 rings (SSSR count). The Labute approximate surface area is 90.5 Å². The van der Waals surface area contributed by atoms with Crippen molar-refractivity contribution in [1.82, 2.24) is 0 Å². The van der Waals surface area contributed by atoms with E-state index in [1.54, 1.807) is 0 Å². The molecule has 0 aromatic rings. The molecule has 1 spiro atoms. The van der Waals surface area contributed by atoms with E-state index in [1.165, 1.54) is 0 Å². The SMILES string of the molecule is CCOCC1(O)CCC2(CC1)OCCO2. The van der Waals surface area contributed by atoms with Gasteiger partial charge < -0.3 is 19.3 Å². The topological polar surface area (TPSA) is 47.9 Å². The van der Waals surface area contributed by atoms with Crippen molar-refractivity contribution in [2.75, 3.05) is 26.4 Å². The lowest BCUT2D eigenvalue weighted by Gasteiger charge is -2.40. The molecule has 0 aromatic carbocycles. The molecule has 0 aromatic heterocycles. The summed E-state index contributed by atoms with van der Waals surface area (Å²) in [7, 11) is 0. The quantitative estimate of drug-likeness (QED) is 0.766. The average Bonchev–Trinajstić information content (AvgIpc) is 2.70. The molecule has 0 atom stereocenters. The highest BCUT2D eigenvalue weighted by Crippen LogP contribution is 2.40. The standard InChI is InChI=1S/C11H20O4/c1-2-13-9-10(12)3-5-11(6-4-10)14-7-8-15-11/h12H,2-9H2,1H3. The number of hydrogen-bond donors (Lipinski definition) is 1. The van der Waals surface area contributed by atoms with E-state index in [0.717, 1.165) is 12.8 Å². The minimum Gasteiger partial charge on any atom is -0.387 e. The Kier molecular flexibility index (Phi) is 3.30. The van der Waals surface area contributed by atoms with Crippen LogP contribution in [0.1, 0.15) is 32.6 Å². The Hall–Kier alpha value is -0.160. The Morgan fingerprint density at radius 1 is 1.13 bits per heavy atom. The molecular weight excluding hydrogens is 196 g/mol. The number of rotatable bonds is 3. The molecule has 15 heavy (non-hydrogen) atoms. The van der Waals surface area contributed by atoms with Gasteiger partial charge in [0.1, 0.15) is 0 Å². The summed E-state index contributed by atoms with van der Waals surface area (Å²) in [6, 6.07) is 0. The summed E-state index contributed by atoms with van der Waals surface area (Å²) in [5.74, 6) is -0.390. The Bertz CT molecular complexity index is 201. The van der Waals surface area contributed by atoms with E-state index >= 15 is 0 Å². The summed E-state index contributed by atoms with van der Waals surface area (Å²) in [6.45, 7) is 4.39. The van der Waals surface area contributed by atoms with Gasteiger partial charge in [-0.05, 0) is 19.8 Å². The van der Waals surface area contributed by atoms with E-state index in [0.29, 0.717) is 39.3 Å². The van der Waals surface area contributed by atoms with Crippen molar-refractivity contribution < 1.29 is 19.3 Å². The van der Waals surface area contributed by atoms with Gasteiger partial charge in [0, 0.05) is 19.4 Å². The molecule has 1 aliphatic heterocycles. The second-order valence-electron chi connectivity index (χ2n) is 4.47. The molecule has 0 bridgehead atoms. The van der Waals surface area contributed by atoms with E-state index in [9.17, 15) is 5.11 Å². The van der Waals surface area contributed by atoms with Crippen molar-refractivity contribution in [1.29, 1.82) is 0 Å². The molecule has 1 saturated carbocycles. The molecule has 1 aliphatic carbocycles. The van der Waals surface area contributed by atoms with Crippen molar-refractivity contribution >= 4 is 0 Å². The zero-order valence-corrected chi connectivity index (χ0v) is 9.33. The Balaban J connectivity index is 1.85. The van der Waals surface area contributed by atoms with Gasteiger partial charge in [-0.15, -0.1) is 0 Å². The highest BCUT2D eigenvalue weighted by molar-refractivity contribution is 4.91. The largest absolute Gasteiger partial charge is 0.387 e. The maximum atomic E-state index is 10.2. The van der Waals surface area contributed by atoms with Crippen LogP contribution in [0.15, 0.2) is 0 Å². The fraction of sp³-hybridized carbons (Fsp3) is 1.00. The maximum absolute atomic E-state index is 10.2. The first kappa shape index (κ1) is 11.3. The molecule has 2 fully saturated rings. The maximum Gasteiger partial charge on any atom is 0.168 e. The molecule has 0 amide bonds. The third kappa shape index (κ3) is 2.50. The van der Waals surface area contributed by atoms with Gasteiger partial charge in [-0.25, -0.2) is 0 Å². The highest BCUT2D eigenvalue weighted by Gasteiger charge is 2.45. The van der Waals surface area contributed by atoms with E-state index in [-0.39, 0.29) is 0 Å². The molecule has 88 valence electrons. The van der Waals surface area contributed by atoms with Crippen molar-refractivity contribution in [2.45, 2.75) is 44.0 Å². The second-order valence-corrected chi connectivity index (χ2v) is 4.47. The molecule has 2 aliphatic rings. The minimum absolute atomic E-state index is 0.390. The second kappa shape index (κ2) is 4.37. The van der Waals surface area contributed by atoms with E-state index < -0.39 is 11.4 Å². The summed E-state index contributed by atoms with van der Waals surface area (Å²) < 4.78 is 16.5. The fourth-order valence-electron chi connectivity index (χ4n) is 2.32. The van der Waals surface area contributed by atoms with Crippen LogP contribution in [0.2, 0.25) is 0 Å². The van der Waals surface area contributed by atoms with Crippen LogP contribution in [0, 0.1) is 0 Å². The first-order chi connectivity index (χ1) is 7.18. The first-order valence-electron chi connectivity index (χ1n) is 5.76. The predicted octanol–water partition coefficient (Wildman–Crippen LogP) is 1.07. The summed E-state index contributed by atoms with van der Waals surface area (Å²) in [5.41, 5.74) is -0.670. The molecule has 1 N–H and O–H groups in total. The lowest BCUT2D eigenvalue weighted by Crippen LogP contribution is -2.46. The van der Waals surface area contributed by atoms with Gasteiger partial charge in [0.15, 0.2) is 5.79 Å². The normalized spacial score (nSPS) is 28.4. The molecule has 1 heterocycles. The summed E-state index contributed by atoms with van der Waals surface area (Å²) in [6.07, 6.45) is 2.95. The van der Waals surface area contributed by atoms with Gasteiger partial charge in [0.05, 0.1) is 25.4 Å². The third-order valence-electron chi connectivity index (χ3n) is 3.33. The average molecular weight is 216 g/mol. The van der Waals surface area contributed by atoms with Crippen molar-refractivity contribution in [3.05, 3.63) is 0 Å². The number of hydrogen-bond acceptors (Lipinski definition) is 4. The van der Waals surface area contributed by atoms with Crippen molar-refractivity contribution in [3.8, 4) is 0 Å². The minimum atomic E-state index is -0.670. The van der Waals surface area contributed by atoms with Crippen LogP contribution in [0.3, 0.4) is 0 Å². The Morgan fingerprint density at radius 3 is 2.27 bits per heavy atom. The van der Waals surface area contributed by atoms with Gasteiger partial charge in [0.25, 0.3) is 0 Å². The smallest absolute Gasteiger partial charge is 0.168 e. The molecule has 1 saturated heterocycles. The first-order valence-corrected chi connectivity index (χ1v) is 5.76. The van der Waals surface area contributed by atoms with Crippen LogP contribution >= 0.6 is 0 Å². The molecule has 4 nitrogen and oxygen atoms in total. The summed E-state index contributed by atoms with van der Waals surface area (Å²) in [4.78, 5) is 0. The molecule has 4 heteroatoms. The van der Waals surface area contributed by atoms with Gasteiger partial charge in [-0.2, -0.15) is 0 Å². The van der Waals surface area contributed by atoms with Crippen LogP contribution in [0.25, 0.3) is 0 Å². The monoisotopic (exact) mass is 216 g/mol. The zero-order valence-electron chi connectivity index (χ0n) is 9.33. The molecular formula is C11H20O4. The fourth-order valence-corrected chi connectivity index (χ4v) is 2.32. The summed E-state index contributed by atoms with van der Waals surface area (Å²) in [5, 5.41) is 10.2. The molecule has 0 radical (unpaired) electrons. The van der Waals surface area contributed by atoms with E-state index in [1.807, 2.05) is 6.92 Å². The lowest BCUT2D eigenvalue weighted by molar-refractivity contribution is -0.209. The summed E-state index contributed by atoms with van der Waals surface area (Å²) >= 11 is 0. The van der Waals surface area contributed by atoms with Crippen molar-refractivity contribution in [3.63, 3.8) is 0 Å². The van der Waals surface area contributed by atoms with Crippen LogP contribution in [-0.2, 0) is 14.2 Å².